The molecule has 0 aromatic carbocycles. The van der Waals surface area contributed by atoms with Gasteiger partial charge in [0.1, 0.15) is 5.54 Å². The maximum atomic E-state index is 11.9. The Hall–Kier alpha value is -1.85. The van der Waals surface area contributed by atoms with Crippen LogP contribution in [0.4, 0.5) is 0 Å². The standard InChI is InChI=1S/C12H16N2O4/c1-6-8(18-10(13-6)7-4-5-7)9(15)14-12(2,3)11(16)17/h7H,4-5H2,1-3H3,(H,14,15)(H,16,17). The highest BCUT2D eigenvalue weighted by Crippen LogP contribution is 2.40. The minimum atomic E-state index is -1.34. The first-order valence-electron chi connectivity index (χ1n) is 5.84. The van der Waals surface area contributed by atoms with Crippen LogP contribution in [0.25, 0.3) is 0 Å². The van der Waals surface area contributed by atoms with Crippen molar-refractivity contribution in [2.24, 2.45) is 0 Å². The predicted molar refractivity (Wildman–Crippen MR) is 62.4 cm³/mol. The van der Waals surface area contributed by atoms with Crippen molar-refractivity contribution >= 4 is 11.9 Å². The Morgan fingerprint density at radius 2 is 2.06 bits per heavy atom. The third-order valence-corrected chi connectivity index (χ3v) is 2.91. The van der Waals surface area contributed by atoms with E-state index < -0.39 is 17.4 Å². The fourth-order valence-corrected chi connectivity index (χ4v) is 1.53. The normalized spacial score (nSPS) is 15.5. The van der Waals surface area contributed by atoms with Gasteiger partial charge in [0.25, 0.3) is 5.91 Å². The molecule has 1 saturated carbocycles. The largest absolute Gasteiger partial charge is 0.480 e. The van der Waals surface area contributed by atoms with Gasteiger partial charge in [-0.1, -0.05) is 0 Å². The lowest BCUT2D eigenvalue weighted by atomic mass is 10.1. The van der Waals surface area contributed by atoms with Gasteiger partial charge in [-0.15, -0.1) is 0 Å². The average molecular weight is 252 g/mol. The Morgan fingerprint density at radius 1 is 1.44 bits per heavy atom. The summed E-state index contributed by atoms with van der Waals surface area (Å²) >= 11 is 0. The first kappa shape index (κ1) is 12.6. The number of carboxylic acid groups (broad SMARTS) is 1. The minimum Gasteiger partial charge on any atom is -0.480 e. The second-order valence-electron chi connectivity index (χ2n) is 5.13. The molecule has 6 heteroatoms. The number of nitrogens with one attached hydrogen (secondary N) is 1. The maximum absolute atomic E-state index is 11.9. The molecule has 98 valence electrons. The number of aromatic nitrogens is 1. The summed E-state index contributed by atoms with van der Waals surface area (Å²) in [6.07, 6.45) is 2.06. The molecule has 18 heavy (non-hydrogen) atoms. The SMILES string of the molecule is Cc1nc(C2CC2)oc1C(=O)NC(C)(C)C(=O)O. The van der Waals surface area contributed by atoms with Crippen molar-refractivity contribution in [1.29, 1.82) is 0 Å². The number of hydrogen-bond donors (Lipinski definition) is 2. The van der Waals surface area contributed by atoms with E-state index in [9.17, 15) is 9.59 Å². The summed E-state index contributed by atoms with van der Waals surface area (Å²) in [5.41, 5.74) is -0.841. The molecule has 1 heterocycles. The number of hydrogen-bond acceptors (Lipinski definition) is 4. The van der Waals surface area contributed by atoms with Gasteiger partial charge in [-0.2, -0.15) is 0 Å². The van der Waals surface area contributed by atoms with Crippen molar-refractivity contribution in [2.75, 3.05) is 0 Å². The number of rotatable bonds is 4. The first-order valence-corrected chi connectivity index (χ1v) is 5.84. The quantitative estimate of drug-likeness (QED) is 0.846. The number of aliphatic carboxylic acids is 1. The second-order valence-corrected chi connectivity index (χ2v) is 5.13. The number of carboxylic acids is 1. The van der Waals surface area contributed by atoms with E-state index >= 15 is 0 Å². The van der Waals surface area contributed by atoms with Gasteiger partial charge in [0.15, 0.2) is 5.89 Å². The summed E-state index contributed by atoms with van der Waals surface area (Å²) < 4.78 is 5.41. The van der Waals surface area contributed by atoms with Gasteiger partial charge < -0.3 is 14.8 Å². The molecule has 2 N–H and O–H groups in total. The fourth-order valence-electron chi connectivity index (χ4n) is 1.53. The van der Waals surface area contributed by atoms with Crippen molar-refractivity contribution in [3.05, 3.63) is 17.3 Å². The summed E-state index contributed by atoms with van der Waals surface area (Å²) in [4.78, 5) is 27.1. The molecule has 1 aromatic heterocycles. The predicted octanol–water partition coefficient (Wildman–Crippen LogP) is 1.45. The summed E-state index contributed by atoms with van der Waals surface area (Å²) in [6.45, 7) is 4.51. The first-order chi connectivity index (χ1) is 8.31. The Kier molecular flexibility index (Phi) is 2.88. The van der Waals surface area contributed by atoms with Gasteiger partial charge in [-0.05, 0) is 33.6 Å². The number of carbonyl (C=O) groups excluding carboxylic acids is 1. The van der Waals surface area contributed by atoms with E-state index in [1.54, 1.807) is 6.92 Å². The average Bonchev–Trinajstić information content (AvgIpc) is 3.01. The molecular weight excluding hydrogens is 236 g/mol. The van der Waals surface area contributed by atoms with Crippen LogP contribution in [0.5, 0.6) is 0 Å². The van der Waals surface area contributed by atoms with E-state index in [2.05, 4.69) is 10.3 Å². The summed E-state index contributed by atoms with van der Waals surface area (Å²) in [5, 5.41) is 11.4. The van der Waals surface area contributed by atoms with E-state index in [-0.39, 0.29) is 5.76 Å². The fraction of sp³-hybridized carbons (Fsp3) is 0.583. The molecule has 0 saturated heterocycles. The molecule has 1 amide bonds. The van der Waals surface area contributed by atoms with Crippen LogP contribution in [-0.2, 0) is 4.79 Å². The molecule has 0 unspecified atom stereocenters. The highest BCUT2D eigenvalue weighted by Gasteiger charge is 2.34. The zero-order valence-corrected chi connectivity index (χ0v) is 10.6. The van der Waals surface area contributed by atoms with Crippen LogP contribution in [0.3, 0.4) is 0 Å². The lowest BCUT2D eigenvalue weighted by molar-refractivity contribution is -0.143. The van der Waals surface area contributed by atoms with Crippen molar-refractivity contribution in [3.8, 4) is 0 Å². The van der Waals surface area contributed by atoms with Gasteiger partial charge in [0.05, 0.1) is 5.69 Å². The van der Waals surface area contributed by atoms with E-state index in [1.807, 2.05) is 0 Å². The lowest BCUT2D eigenvalue weighted by Gasteiger charge is -2.20. The van der Waals surface area contributed by atoms with Crippen LogP contribution in [0.2, 0.25) is 0 Å². The Balaban J connectivity index is 2.16. The van der Waals surface area contributed by atoms with Crippen LogP contribution in [0.1, 0.15) is 54.7 Å². The molecule has 0 bridgehead atoms. The van der Waals surface area contributed by atoms with Crippen LogP contribution in [-0.4, -0.2) is 27.5 Å². The number of oxazole rings is 1. The Labute approximate surface area is 104 Å². The zero-order chi connectivity index (χ0) is 13.5. The molecule has 0 atom stereocenters. The van der Waals surface area contributed by atoms with Crippen molar-refractivity contribution < 1.29 is 19.1 Å². The van der Waals surface area contributed by atoms with Crippen molar-refractivity contribution in [1.82, 2.24) is 10.3 Å². The molecule has 1 aliphatic carbocycles. The summed E-state index contributed by atoms with van der Waals surface area (Å²) in [6, 6.07) is 0. The molecule has 1 fully saturated rings. The number of nitrogens with zero attached hydrogens (tertiary/aromatic N) is 1. The topological polar surface area (TPSA) is 92.4 Å². The Morgan fingerprint density at radius 3 is 2.56 bits per heavy atom. The van der Waals surface area contributed by atoms with E-state index in [0.717, 1.165) is 12.8 Å². The summed E-state index contributed by atoms with van der Waals surface area (Å²) in [5.74, 6) is -0.649. The van der Waals surface area contributed by atoms with Crippen LogP contribution < -0.4 is 5.32 Å². The third kappa shape index (κ3) is 2.37. The van der Waals surface area contributed by atoms with Crippen LogP contribution >= 0.6 is 0 Å². The van der Waals surface area contributed by atoms with Gasteiger partial charge in [-0.25, -0.2) is 9.78 Å². The number of aryl methyl sites for hydroxylation is 1. The molecule has 0 radical (unpaired) electrons. The Bertz CT molecular complexity index is 500. The molecule has 2 rings (SSSR count). The van der Waals surface area contributed by atoms with Gasteiger partial charge in [0.2, 0.25) is 5.76 Å². The third-order valence-electron chi connectivity index (χ3n) is 2.91. The van der Waals surface area contributed by atoms with E-state index in [4.69, 9.17) is 9.52 Å². The second kappa shape index (κ2) is 4.12. The highest BCUT2D eigenvalue weighted by atomic mass is 16.4. The molecule has 6 nitrogen and oxygen atoms in total. The van der Waals surface area contributed by atoms with E-state index in [0.29, 0.717) is 17.5 Å². The van der Waals surface area contributed by atoms with Crippen molar-refractivity contribution in [3.63, 3.8) is 0 Å². The van der Waals surface area contributed by atoms with Crippen molar-refractivity contribution in [2.45, 2.75) is 45.1 Å². The number of carbonyl (C=O) groups is 2. The maximum Gasteiger partial charge on any atom is 0.328 e. The van der Waals surface area contributed by atoms with Gasteiger partial charge in [-0.3, -0.25) is 4.79 Å². The van der Waals surface area contributed by atoms with Gasteiger partial charge in [0, 0.05) is 5.92 Å². The smallest absolute Gasteiger partial charge is 0.328 e. The minimum absolute atomic E-state index is 0.103. The van der Waals surface area contributed by atoms with Gasteiger partial charge >= 0.3 is 5.97 Å². The zero-order valence-electron chi connectivity index (χ0n) is 10.6. The van der Waals surface area contributed by atoms with E-state index in [1.165, 1.54) is 13.8 Å². The molecule has 1 aromatic rings. The van der Waals surface area contributed by atoms with Crippen LogP contribution in [0, 0.1) is 6.92 Å². The van der Waals surface area contributed by atoms with Crippen LogP contribution in [0.15, 0.2) is 4.42 Å². The monoisotopic (exact) mass is 252 g/mol. The number of amides is 1. The lowest BCUT2D eigenvalue weighted by Crippen LogP contribution is -2.49. The summed E-state index contributed by atoms with van der Waals surface area (Å²) in [7, 11) is 0. The molecule has 0 spiro atoms. The molecule has 1 aliphatic rings. The highest BCUT2D eigenvalue weighted by molar-refractivity contribution is 5.96. The molecular formula is C12H16N2O4. The molecule has 0 aliphatic heterocycles.